The monoisotopic (exact) mass is 257 g/mol. The van der Waals surface area contributed by atoms with Gasteiger partial charge in [0.05, 0.1) is 0 Å². The van der Waals surface area contributed by atoms with Crippen LogP contribution in [0, 0.1) is 12.7 Å². The molecule has 0 aromatic heterocycles. The highest BCUT2D eigenvalue weighted by molar-refractivity contribution is 5.47. The van der Waals surface area contributed by atoms with Gasteiger partial charge < -0.3 is 10.8 Å². The molecule has 0 fully saturated rings. The molecule has 2 nitrogen and oxygen atoms in total. The molecule has 2 atom stereocenters. The van der Waals surface area contributed by atoms with E-state index in [0.29, 0.717) is 12.0 Å². The van der Waals surface area contributed by atoms with Crippen molar-refractivity contribution < 1.29 is 9.50 Å². The van der Waals surface area contributed by atoms with E-state index in [9.17, 15) is 9.50 Å². The lowest BCUT2D eigenvalue weighted by Crippen LogP contribution is -2.25. The molecule has 0 radical (unpaired) electrons. The van der Waals surface area contributed by atoms with Crippen molar-refractivity contribution in [1.82, 2.24) is 0 Å². The largest absolute Gasteiger partial charge is 0.380 e. The minimum absolute atomic E-state index is 0.218. The maximum Gasteiger partial charge on any atom is 0.123 e. The Labute approximate surface area is 111 Å². The Morgan fingerprint density at radius 2 is 2.00 bits per heavy atom. The molecule has 0 spiro atoms. The first-order valence-electron chi connectivity index (χ1n) is 6.36. The molecule has 3 rings (SSSR count). The van der Waals surface area contributed by atoms with Crippen LogP contribution in [0.3, 0.4) is 0 Å². The van der Waals surface area contributed by atoms with Crippen LogP contribution in [0.5, 0.6) is 0 Å². The van der Waals surface area contributed by atoms with E-state index in [-0.39, 0.29) is 11.9 Å². The van der Waals surface area contributed by atoms with Gasteiger partial charge in [-0.3, -0.25) is 0 Å². The molecular weight excluding hydrogens is 241 g/mol. The van der Waals surface area contributed by atoms with Crippen molar-refractivity contribution >= 4 is 0 Å². The molecule has 0 amide bonds. The average molecular weight is 257 g/mol. The highest BCUT2D eigenvalue weighted by atomic mass is 19.1. The highest BCUT2D eigenvalue weighted by Crippen LogP contribution is 2.46. The lowest BCUT2D eigenvalue weighted by atomic mass is 9.87. The maximum atomic E-state index is 13.6. The van der Waals surface area contributed by atoms with Gasteiger partial charge in [-0.1, -0.05) is 30.3 Å². The minimum atomic E-state index is -1.19. The van der Waals surface area contributed by atoms with Crippen molar-refractivity contribution in [2.24, 2.45) is 5.73 Å². The predicted molar refractivity (Wildman–Crippen MR) is 72.1 cm³/mol. The van der Waals surface area contributed by atoms with Crippen molar-refractivity contribution in [2.45, 2.75) is 25.0 Å². The third-order valence-corrected chi connectivity index (χ3v) is 3.84. The normalized spacial score (nSPS) is 25.4. The number of nitrogens with two attached hydrogens (primary N) is 1. The molecule has 2 aromatic carbocycles. The molecule has 3 heteroatoms. The van der Waals surface area contributed by atoms with Gasteiger partial charge in [-0.15, -0.1) is 0 Å². The summed E-state index contributed by atoms with van der Waals surface area (Å²) in [7, 11) is 0. The Hall–Kier alpha value is -1.71. The number of fused-ring (bicyclic) bond motifs is 1. The van der Waals surface area contributed by atoms with Crippen molar-refractivity contribution in [3.8, 4) is 0 Å². The van der Waals surface area contributed by atoms with E-state index in [4.69, 9.17) is 5.73 Å². The van der Waals surface area contributed by atoms with E-state index in [1.807, 2.05) is 37.3 Å². The maximum absolute atomic E-state index is 13.6. The second-order valence-corrected chi connectivity index (χ2v) is 5.28. The topological polar surface area (TPSA) is 46.2 Å². The molecule has 0 aliphatic heterocycles. The molecule has 1 aliphatic carbocycles. The number of benzene rings is 2. The van der Waals surface area contributed by atoms with E-state index in [0.717, 1.165) is 16.7 Å². The van der Waals surface area contributed by atoms with Crippen molar-refractivity contribution in [3.05, 3.63) is 70.5 Å². The van der Waals surface area contributed by atoms with Gasteiger partial charge in [0.15, 0.2) is 0 Å². The number of hydrogen-bond acceptors (Lipinski definition) is 2. The molecule has 3 N–H and O–H groups in total. The van der Waals surface area contributed by atoms with E-state index in [1.54, 1.807) is 0 Å². The first kappa shape index (κ1) is 12.3. The Balaban J connectivity index is 2.19. The molecular formula is C16H16FNO. The van der Waals surface area contributed by atoms with Crippen molar-refractivity contribution in [1.29, 1.82) is 0 Å². The van der Waals surface area contributed by atoms with E-state index in [1.165, 1.54) is 12.1 Å². The van der Waals surface area contributed by atoms with Crippen LogP contribution in [0.25, 0.3) is 0 Å². The number of halogens is 1. The SMILES string of the molecule is Cc1cc(F)cc(C2(O)CC(N)c3ccccc32)c1. The first-order chi connectivity index (χ1) is 9.00. The fraction of sp³-hybridized carbons (Fsp3) is 0.250. The summed E-state index contributed by atoms with van der Waals surface area (Å²) in [5.74, 6) is -0.332. The van der Waals surface area contributed by atoms with Gasteiger partial charge in [0.1, 0.15) is 11.4 Å². The molecule has 98 valence electrons. The molecule has 0 heterocycles. The molecule has 19 heavy (non-hydrogen) atoms. The average Bonchev–Trinajstić information content (AvgIpc) is 2.63. The first-order valence-corrected chi connectivity index (χ1v) is 6.36. The Bertz CT molecular complexity index is 620. The number of hydrogen-bond donors (Lipinski definition) is 2. The van der Waals surface area contributed by atoms with Crippen molar-refractivity contribution in [2.75, 3.05) is 0 Å². The van der Waals surface area contributed by atoms with E-state index in [2.05, 4.69) is 0 Å². The van der Waals surface area contributed by atoms with Gasteiger partial charge in [0.2, 0.25) is 0 Å². The second-order valence-electron chi connectivity index (χ2n) is 5.28. The summed E-state index contributed by atoms with van der Waals surface area (Å²) in [5.41, 5.74) is 7.98. The van der Waals surface area contributed by atoms with Crippen LogP contribution in [-0.4, -0.2) is 5.11 Å². The fourth-order valence-electron chi connectivity index (χ4n) is 2.98. The molecule has 1 aliphatic rings. The quantitative estimate of drug-likeness (QED) is 0.825. The smallest absolute Gasteiger partial charge is 0.123 e. The summed E-state index contributed by atoms with van der Waals surface area (Å²) in [6.45, 7) is 1.82. The van der Waals surface area contributed by atoms with Gasteiger partial charge in [-0.25, -0.2) is 4.39 Å². The van der Waals surface area contributed by atoms with Gasteiger partial charge >= 0.3 is 0 Å². The zero-order chi connectivity index (χ0) is 13.6. The number of aliphatic hydroxyl groups is 1. The van der Waals surface area contributed by atoms with Crippen LogP contribution in [0.15, 0.2) is 42.5 Å². The van der Waals surface area contributed by atoms with Gasteiger partial charge in [0, 0.05) is 12.5 Å². The lowest BCUT2D eigenvalue weighted by Gasteiger charge is -2.25. The van der Waals surface area contributed by atoms with Gasteiger partial charge in [0.25, 0.3) is 0 Å². The molecule has 2 unspecified atom stereocenters. The van der Waals surface area contributed by atoms with Crippen LogP contribution in [0.2, 0.25) is 0 Å². The van der Waals surface area contributed by atoms with Crippen LogP contribution in [0.4, 0.5) is 4.39 Å². The van der Waals surface area contributed by atoms with E-state index >= 15 is 0 Å². The van der Waals surface area contributed by atoms with Crippen LogP contribution < -0.4 is 5.73 Å². The number of rotatable bonds is 1. The standard InChI is InChI=1S/C16H16FNO/c1-10-6-11(8-12(17)7-10)16(19)9-15(18)13-4-2-3-5-14(13)16/h2-8,15,19H,9,18H2,1H3. The van der Waals surface area contributed by atoms with Gasteiger partial charge in [-0.2, -0.15) is 0 Å². The zero-order valence-corrected chi connectivity index (χ0v) is 10.7. The Morgan fingerprint density at radius 1 is 1.26 bits per heavy atom. The third-order valence-electron chi connectivity index (χ3n) is 3.84. The summed E-state index contributed by atoms with van der Waals surface area (Å²) < 4.78 is 13.6. The van der Waals surface area contributed by atoms with Crippen LogP contribution >= 0.6 is 0 Å². The third kappa shape index (κ3) is 1.86. The number of aryl methyl sites for hydroxylation is 1. The fourth-order valence-corrected chi connectivity index (χ4v) is 2.98. The molecule has 2 aromatic rings. The molecule has 0 saturated heterocycles. The summed E-state index contributed by atoms with van der Waals surface area (Å²) in [4.78, 5) is 0. The predicted octanol–water partition coefficient (Wildman–Crippen LogP) is 2.77. The lowest BCUT2D eigenvalue weighted by molar-refractivity contribution is 0.0772. The second kappa shape index (κ2) is 4.15. The molecule has 0 bridgehead atoms. The zero-order valence-electron chi connectivity index (χ0n) is 10.7. The van der Waals surface area contributed by atoms with Crippen molar-refractivity contribution in [3.63, 3.8) is 0 Å². The Kier molecular flexibility index (Phi) is 2.69. The summed E-state index contributed by atoms with van der Waals surface area (Å²) in [6.07, 6.45) is 0.384. The van der Waals surface area contributed by atoms with E-state index < -0.39 is 5.60 Å². The summed E-state index contributed by atoms with van der Waals surface area (Å²) in [5, 5.41) is 11.0. The summed E-state index contributed by atoms with van der Waals surface area (Å²) in [6, 6.07) is 12.0. The molecule has 0 saturated carbocycles. The highest BCUT2D eigenvalue weighted by Gasteiger charge is 2.42. The minimum Gasteiger partial charge on any atom is -0.380 e. The van der Waals surface area contributed by atoms with Crippen LogP contribution in [-0.2, 0) is 5.60 Å². The summed E-state index contributed by atoms with van der Waals surface area (Å²) >= 11 is 0. The van der Waals surface area contributed by atoms with Gasteiger partial charge in [-0.05, 0) is 41.3 Å². The Morgan fingerprint density at radius 3 is 2.74 bits per heavy atom. The van der Waals surface area contributed by atoms with Crippen LogP contribution in [0.1, 0.15) is 34.7 Å².